The van der Waals surface area contributed by atoms with E-state index < -0.39 is 34.2 Å². The highest BCUT2D eigenvalue weighted by atomic mass is 32.2. The Morgan fingerprint density at radius 2 is 1.56 bits per heavy atom. The maximum Gasteiger partial charge on any atom is 0.339 e. The summed E-state index contributed by atoms with van der Waals surface area (Å²) in [5.74, 6) is -1.76. The number of benzene rings is 3. The van der Waals surface area contributed by atoms with Gasteiger partial charge in [0.25, 0.3) is 0 Å². The molecule has 8 nitrogen and oxygen atoms in total. The molecule has 3 aromatic rings. The molecule has 1 amide bonds. The van der Waals surface area contributed by atoms with Crippen LogP contribution in [0.15, 0.2) is 71.6 Å². The van der Waals surface area contributed by atoms with Gasteiger partial charge < -0.3 is 15.1 Å². The second-order valence-corrected chi connectivity index (χ2v) is 12.2. The Labute approximate surface area is 229 Å². The Hall–Kier alpha value is -3.69. The Balaban J connectivity index is 1.61. The van der Waals surface area contributed by atoms with E-state index in [9.17, 15) is 28.2 Å². The van der Waals surface area contributed by atoms with Crippen LogP contribution in [0.3, 0.4) is 0 Å². The van der Waals surface area contributed by atoms with Crippen LogP contribution in [0.5, 0.6) is 5.75 Å². The minimum atomic E-state index is -3.93. The van der Waals surface area contributed by atoms with E-state index >= 15 is 0 Å². The van der Waals surface area contributed by atoms with Crippen molar-refractivity contribution in [3.05, 3.63) is 89.0 Å². The second-order valence-electron chi connectivity index (χ2n) is 10.1. The molecule has 1 saturated carbocycles. The van der Waals surface area contributed by atoms with Crippen molar-refractivity contribution in [2.45, 2.75) is 56.4 Å². The van der Waals surface area contributed by atoms with Crippen LogP contribution >= 0.6 is 0 Å². The summed E-state index contributed by atoms with van der Waals surface area (Å²) in [6.07, 6.45) is 6.04. The molecular formula is C30H34N2O6S. The molecule has 2 N–H and O–H groups in total. The summed E-state index contributed by atoms with van der Waals surface area (Å²) < 4.78 is 27.2. The molecule has 0 atom stereocenters. The van der Waals surface area contributed by atoms with Crippen LogP contribution in [-0.4, -0.2) is 48.4 Å². The number of sulfonamides is 1. The quantitative estimate of drug-likeness (QED) is 0.374. The number of aromatic carboxylic acids is 1. The number of phenols is 1. The van der Waals surface area contributed by atoms with Crippen molar-refractivity contribution in [2.24, 2.45) is 0 Å². The van der Waals surface area contributed by atoms with Crippen molar-refractivity contribution in [1.82, 2.24) is 4.31 Å². The van der Waals surface area contributed by atoms with Gasteiger partial charge in [0, 0.05) is 12.7 Å². The summed E-state index contributed by atoms with van der Waals surface area (Å²) in [7, 11) is -2.60. The summed E-state index contributed by atoms with van der Waals surface area (Å²) in [4.78, 5) is 26.7. The molecule has 3 aromatic carbocycles. The van der Waals surface area contributed by atoms with E-state index in [2.05, 4.69) is 12.1 Å². The van der Waals surface area contributed by atoms with Crippen LogP contribution in [0.25, 0.3) is 0 Å². The molecule has 206 valence electrons. The number of hydrogen-bond acceptors (Lipinski definition) is 5. The van der Waals surface area contributed by atoms with E-state index in [1.807, 2.05) is 19.1 Å². The van der Waals surface area contributed by atoms with Gasteiger partial charge in [0.05, 0.1) is 18.0 Å². The fourth-order valence-electron chi connectivity index (χ4n) is 4.95. The van der Waals surface area contributed by atoms with E-state index in [-0.39, 0.29) is 22.7 Å². The normalized spacial score (nSPS) is 14.3. The van der Waals surface area contributed by atoms with Gasteiger partial charge in [0.2, 0.25) is 15.9 Å². The van der Waals surface area contributed by atoms with Crippen LogP contribution in [-0.2, 0) is 21.4 Å². The molecule has 0 saturated heterocycles. The number of amides is 1. The molecule has 0 radical (unpaired) electrons. The van der Waals surface area contributed by atoms with Gasteiger partial charge in [-0.15, -0.1) is 0 Å². The van der Waals surface area contributed by atoms with E-state index in [0.717, 1.165) is 28.3 Å². The third-order valence-electron chi connectivity index (χ3n) is 7.31. The minimum Gasteiger partial charge on any atom is -0.507 e. The molecule has 0 spiro atoms. The average molecular weight is 551 g/mol. The maximum absolute atomic E-state index is 13.6. The van der Waals surface area contributed by atoms with E-state index in [0.29, 0.717) is 5.92 Å². The Morgan fingerprint density at radius 1 is 0.923 bits per heavy atom. The highest BCUT2D eigenvalue weighted by Gasteiger charge is 2.27. The van der Waals surface area contributed by atoms with Crippen molar-refractivity contribution >= 4 is 27.6 Å². The Kier molecular flexibility index (Phi) is 8.72. The van der Waals surface area contributed by atoms with Gasteiger partial charge in [-0.3, -0.25) is 4.79 Å². The predicted octanol–water partition coefficient (Wildman–Crippen LogP) is 5.30. The van der Waals surface area contributed by atoms with Crippen molar-refractivity contribution < 1.29 is 28.2 Å². The lowest BCUT2D eigenvalue weighted by Gasteiger charge is -2.27. The van der Waals surface area contributed by atoms with Crippen molar-refractivity contribution in [3.63, 3.8) is 0 Å². The van der Waals surface area contributed by atoms with Crippen LogP contribution in [0.4, 0.5) is 5.69 Å². The number of carbonyl (C=O) groups is 2. The SMILES string of the molecule is Cc1ccc(S(=O)(=O)N(C)CC(=O)N(Cc2ccc(C3CCCCC3)cc2)c2ccc(O)c(C(=O)O)c2)cc1. The first kappa shape index (κ1) is 28.3. The second kappa shape index (κ2) is 12.0. The third kappa shape index (κ3) is 6.66. The molecule has 0 aromatic heterocycles. The van der Waals surface area contributed by atoms with Crippen LogP contribution in [0, 0.1) is 6.92 Å². The molecule has 4 rings (SSSR count). The van der Waals surface area contributed by atoms with Crippen molar-refractivity contribution in [1.29, 1.82) is 0 Å². The number of nitrogens with zero attached hydrogens (tertiary/aromatic N) is 2. The van der Waals surface area contributed by atoms with Gasteiger partial charge in [-0.25, -0.2) is 13.2 Å². The monoisotopic (exact) mass is 550 g/mol. The number of carboxylic acid groups (broad SMARTS) is 1. The smallest absolute Gasteiger partial charge is 0.339 e. The Bertz CT molecular complexity index is 1430. The largest absolute Gasteiger partial charge is 0.507 e. The molecule has 9 heteroatoms. The zero-order chi connectivity index (χ0) is 28.2. The first-order valence-electron chi connectivity index (χ1n) is 13.0. The summed E-state index contributed by atoms with van der Waals surface area (Å²) in [5.41, 5.74) is 2.89. The molecule has 0 unspecified atom stereocenters. The minimum absolute atomic E-state index is 0.0750. The molecule has 39 heavy (non-hydrogen) atoms. The third-order valence-corrected chi connectivity index (χ3v) is 9.12. The summed E-state index contributed by atoms with van der Waals surface area (Å²) >= 11 is 0. The molecule has 1 fully saturated rings. The number of aromatic hydroxyl groups is 1. The molecule has 1 aliphatic rings. The highest BCUT2D eigenvalue weighted by Crippen LogP contribution is 2.33. The van der Waals surface area contributed by atoms with Crippen LogP contribution in [0.2, 0.25) is 0 Å². The van der Waals surface area contributed by atoms with Crippen LogP contribution < -0.4 is 4.90 Å². The number of likely N-dealkylation sites (N-methyl/N-ethyl adjacent to an activating group) is 1. The topological polar surface area (TPSA) is 115 Å². The molecular weight excluding hydrogens is 516 g/mol. The predicted molar refractivity (Wildman–Crippen MR) is 150 cm³/mol. The first-order chi connectivity index (χ1) is 18.6. The number of aryl methyl sites for hydroxylation is 1. The highest BCUT2D eigenvalue weighted by molar-refractivity contribution is 7.89. The molecule has 0 heterocycles. The first-order valence-corrected chi connectivity index (χ1v) is 14.5. The number of carboxylic acids is 1. The van der Waals surface area contributed by atoms with Gasteiger partial charge in [0.1, 0.15) is 11.3 Å². The standard InChI is InChI=1S/C30H34N2O6S/c1-21-8-15-26(16-9-21)39(37,38)31(2)20-29(34)32(25-14-17-28(33)27(18-25)30(35)36)19-22-10-12-24(13-11-22)23-6-4-3-5-7-23/h8-18,23,33H,3-7,19-20H2,1-2H3,(H,35,36). The molecule has 1 aliphatic carbocycles. The van der Waals surface area contributed by atoms with E-state index in [1.165, 1.54) is 67.1 Å². The zero-order valence-electron chi connectivity index (χ0n) is 22.2. The number of anilines is 1. The number of carbonyl (C=O) groups excluding carboxylic acids is 1. The fourth-order valence-corrected chi connectivity index (χ4v) is 6.07. The molecule has 0 bridgehead atoms. The van der Waals surface area contributed by atoms with Crippen LogP contribution in [0.1, 0.15) is 65.1 Å². The average Bonchev–Trinajstić information content (AvgIpc) is 2.93. The lowest BCUT2D eigenvalue weighted by atomic mass is 9.84. The summed E-state index contributed by atoms with van der Waals surface area (Å²) in [6.45, 7) is 1.50. The van der Waals surface area contributed by atoms with E-state index in [4.69, 9.17) is 0 Å². The molecule has 0 aliphatic heterocycles. The summed E-state index contributed by atoms with van der Waals surface area (Å²) in [5, 5.41) is 19.5. The lowest BCUT2D eigenvalue weighted by Crippen LogP contribution is -2.41. The zero-order valence-corrected chi connectivity index (χ0v) is 23.0. The van der Waals surface area contributed by atoms with Crippen molar-refractivity contribution in [2.75, 3.05) is 18.5 Å². The van der Waals surface area contributed by atoms with Gasteiger partial charge in [0.15, 0.2) is 0 Å². The number of hydrogen-bond donors (Lipinski definition) is 2. The maximum atomic E-state index is 13.6. The fraction of sp³-hybridized carbons (Fsp3) is 0.333. The Morgan fingerprint density at radius 3 is 2.18 bits per heavy atom. The van der Waals surface area contributed by atoms with Gasteiger partial charge in [-0.1, -0.05) is 61.2 Å². The number of rotatable bonds is 9. The van der Waals surface area contributed by atoms with E-state index in [1.54, 1.807) is 12.1 Å². The van der Waals surface area contributed by atoms with Gasteiger partial charge in [-0.2, -0.15) is 4.31 Å². The lowest BCUT2D eigenvalue weighted by molar-refractivity contribution is -0.118. The summed E-state index contributed by atoms with van der Waals surface area (Å²) in [6, 6.07) is 18.3. The van der Waals surface area contributed by atoms with Gasteiger partial charge >= 0.3 is 5.97 Å². The van der Waals surface area contributed by atoms with Gasteiger partial charge in [-0.05, 0) is 67.1 Å². The van der Waals surface area contributed by atoms with Crippen molar-refractivity contribution in [3.8, 4) is 5.75 Å².